The van der Waals surface area contributed by atoms with Crippen LogP contribution in [0, 0.1) is 13.8 Å². The van der Waals surface area contributed by atoms with Crippen molar-refractivity contribution in [3.63, 3.8) is 0 Å². The maximum Gasteiger partial charge on any atom is 0.234 e. The summed E-state index contributed by atoms with van der Waals surface area (Å²) in [5.74, 6) is 0.212. The number of amides is 1. The minimum absolute atomic E-state index is 0.0695. The number of anilines is 1. The average molecular weight is 307 g/mol. The van der Waals surface area contributed by atoms with Gasteiger partial charge in [-0.3, -0.25) is 4.79 Å². The fourth-order valence-corrected chi connectivity index (χ4v) is 2.59. The molecule has 5 heteroatoms. The monoisotopic (exact) mass is 306 g/mol. The summed E-state index contributed by atoms with van der Waals surface area (Å²) in [4.78, 5) is 16.0. The molecule has 2 rings (SSSR count). The predicted octanol–water partition coefficient (Wildman–Crippen LogP) is 4.08. The second kappa shape index (κ2) is 6.77. The first-order chi connectivity index (χ1) is 9.56. The van der Waals surface area contributed by atoms with Crippen molar-refractivity contribution in [1.82, 2.24) is 4.98 Å². The van der Waals surface area contributed by atoms with E-state index in [4.69, 9.17) is 11.6 Å². The first-order valence-electron chi connectivity index (χ1n) is 6.16. The van der Waals surface area contributed by atoms with Gasteiger partial charge in [-0.1, -0.05) is 29.4 Å². The Kier molecular flexibility index (Phi) is 5.04. The molecule has 0 radical (unpaired) electrons. The largest absolute Gasteiger partial charge is 0.325 e. The Morgan fingerprint density at radius 3 is 2.80 bits per heavy atom. The Morgan fingerprint density at radius 2 is 2.10 bits per heavy atom. The van der Waals surface area contributed by atoms with Gasteiger partial charge in [-0.15, -0.1) is 0 Å². The summed E-state index contributed by atoms with van der Waals surface area (Å²) in [5, 5.41) is 4.11. The van der Waals surface area contributed by atoms with E-state index in [2.05, 4.69) is 10.3 Å². The van der Waals surface area contributed by atoms with Gasteiger partial charge in [0.1, 0.15) is 5.03 Å². The first-order valence-corrected chi connectivity index (χ1v) is 7.53. The van der Waals surface area contributed by atoms with Crippen molar-refractivity contribution in [3.8, 4) is 0 Å². The number of thioether (sulfide) groups is 1. The molecule has 0 bridgehead atoms. The summed E-state index contributed by atoms with van der Waals surface area (Å²) in [6.45, 7) is 4.06. The van der Waals surface area contributed by atoms with Crippen LogP contribution >= 0.6 is 23.4 Å². The Balaban J connectivity index is 1.93. The van der Waals surface area contributed by atoms with Gasteiger partial charge in [-0.05, 0) is 49.2 Å². The van der Waals surface area contributed by atoms with Crippen molar-refractivity contribution in [2.45, 2.75) is 18.9 Å². The van der Waals surface area contributed by atoms with Crippen molar-refractivity contribution in [1.29, 1.82) is 0 Å². The van der Waals surface area contributed by atoms with Crippen LogP contribution in [-0.2, 0) is 4.79 Å². The highest BCUT2D eigenvalue weighted by molar-refractivity contribution is 8.00. The smallest absolute Gasteiger partial charge is 0.234 e. The normalized spacial score (nSPS) is 10.3. The Morgan fingerprint density at radius 1 is 1.30 bits per heavy atom. The molecular weight excluding hydrogens is 292 g/mol. The molecule has 1 amide bonds. The summed E-state index contributed by atoms with van der Waals surface area (Å²) in [7, 11) is 0. The molecule has 0 aliphatic rings. The molecule has 0 fully saturated rings. The summed E-state index contributed by atoms with van der Waals surface area (Å²) in [5.41, 5.74) is 3.17. The standard InChI is InChI=1S/C15H15ClN2OS/c1-10-5-6-12(8-11(10)2)18-14(19)9-20-15-13(16)4-3-7-17-15/h3-8H,9H2,1-2H3,(H,18,19). The van der Waals surface area contributed by atoms with Crippen LogP contribution < -0.4 is 5.32 Å². The van der Waals surface area contributed by atoms with Crippen molar-refractivity contribution in [2.75, 3.05) is 11.1 Å². The third kappa shape index (κ3) is 3.99. The lowest BCUT2D eigenvalue weighted by Gasteiger charge is -2.07. The fourth-order valence-electron chi connectivity index (χ4n) is 1.63. The number of hydrogen-bond acceptors (Lipinski definition) is 3. The molecular formula is C15H15ClN2OS. The van der Waals surface area contributed by atoms with Crippen LogP contribution in [0.25, 0.3) is 0 Å². The van der Waals surface area contributed by atoms with Crippen LogP contribution in [0.15, 0.2) is 41.6 Å². The maximum absolute atomic E-state index is 11.9. The fraction of sp³-hybridized carbons (Fsp3) is 0.200. The quantitative estimate of drug-likeness (QED) is 0.865. The second-order valence-electron chi connectivity index (χ2n) is 4.43. The SMILES string of the molecule is Cc1ccc(NC(=O)CSc2ncccc2Cl)cc1C. The molecule has 3 nitrogen and oxygen atoms in total. The number of nitrogens with one attached hydrogen (secondary N) is 1. The van der Waals surface area contributed by atoms with Crippen LogP contribution in [-0.4, -0.2) is 16.6 Å². The molecule has 1 heterocycles. The molecule has 1 aromatic carbocycles. The zero-order chi connectivity index (χ0) is 14.5. The number of carbonyl (C=O) groups is 1. The number of halogens is 1. The highest BCUT2D eigenvalue weighted by Gasteiger charge is 2.07. The molecule has 2 aromatic rings. The summed E-state index contributed by atoms with van der Waals surface area (Å²) >= 11 is 7.32. The topological polar surface area (TPSA) is 42.0 Å². The Labute approximate surface area is 127 Å². The number of nitrogens with zero attached hydrogens (tertiary/aromatic N) is 1. The van der Waals surface area contributed by atoms with Crippen molar-refractivity contribution < 1.29 is 4.79 Å². The van der Waals surface area contributed by atoms with Gasteiger partial charge in [-0.2, -0.15) is 0 Å². The maximum atomic E-state index is 11.9. The summed E-state index contributed by atoms with van der Waals surface area (Å²) in [6, 6.07) is 9.39. The highest BCUT2D eigenvalue weighted by atomic mass is 35.5. The van der Waals surface area contributed by atoms with Crippen molar-refractivity contribution in [3.05, 3.63) is 52.7 Å². The van der Waals surface area contributed by atoms with E-state index in [1.807, 2.05) is 32.0 Å². The molecule has 0 saturated carbocycles. The van der Waals surface area contributed by atoms with Crippen LogP contribution in [0.2, 0.25) is 5.02 Å². The number of aryl methyl sites for hydroxylation is 2. The van der Waals surface area contributed by atoms with Crippen molar-refractivity contribution >= 4 is 35.0 Å². The van der Waals surface area contributed by atoms with Gasteiger partial charge in [-0.25, -0.2) is 4.98 Å². The predicted molar refractivity (Wildman–Crippen MR) is 84.5 cm³/mol. The third-order valence-corrected chi connectivity index (χ3v) is 4.28. The lowest BCUT2D eigenvalue weighted by atomic mass is 10.1. The molecule has 0 aliphatic carbocycles. The zero-order valence-electron chi connectivity index (χ0n) is 11.3. The van der Waals surface area contributed by atoms with Gasteiger partial charge in [0.15, 0.2) is 0 Å². The molecule has 0 aliphatic heterocycles. The minimum atomic E-state index is -0.0695. The molecule has 1 N–H and O–H groups in total. The van der Waals surface area contributed by atoms with Crippen LogP contribution in [0.1, 0.15) is 11.1 Å². The number of hydrogen-bond donors (Lipinski definition) is 1. The molecule has 0 saturated heterocycles. The van der Waals surface area contributed by atoms with E-state index >= 15 is 0 Å². The minimum Gasteiger partial charge on any atom is -0.325 e. The molecule has 104 valence electrons. The molecule has 0 atom stereocenters. The van der Waals surface area contributed by atoms with Crippen LogP contribution in [0.5, 0.6) is 0 Å². The summed E-state index contributed by atoms with van der Waals surface area (Å²) in [6.07, 6.45) is 1.66. The van der Waals surface area contributed by atoms with Gasteiger partial charge in [0.05, 0.1) is 10.8 Å². The van der Waals surface area contributed by atoms with E-state index in [0.29, 0.717) is 10.0 Å². The van der Waals surface area contributed by atoms with E-state index in [1.165, 1.54) is 17.3 Å². The van der Waals surface area contributed by atoms with Gasteiger partial charge in [0.25, 0.3) is 0 Å². The number of pyridine rings is 1. The Bertz CT molecular complexity index is 631. The van der Waals surface area contributed by atoms with E-state index < -0.39 is 0 Å². The van der Waals surface area contributed by atoms with Gasteiger partial charge in [0, 0.05) is 11.9 Å². The lowest BCUT2D eigenvalue weighted by molar-refractivity contribution is -0.113. The van der Waals surface area contributed by atoms with Crippen LogP contribution in [0.3, 0.4) is 0 Å². The van der Waals surface area contributed by atoms with E-state index in [9.17, 15) is 4.79 Å². The lowest BCUT2D eigenvalue weighted by Crippen LogP contribution is -2.14. The molecule has 20 heavy (non-hydrogen) atoms. The Hall–Kier alpha value is -1.52. The van der Waals surface area contributed by atoms with Gasteiger partial charge in [0.2, 0.25) is 5.91 Å². The average Bonchev–Trinajstić information content (AvgIpc) is 2.42. The first kappa shape index (κ1) is 14.9. The van der Waals surface area contributed by atoms with E-state index in [1.54, 1.807) is 18.3 Å². The number of rotatable bonds is 4. The molecule has 0 spiro atoms. The number of carbonyl (C=O) groups excluding carboxylic acids is 1. The summed E-state index contributed by atoms with van der Waals surface area (Å²) < 4.78 is 0. The number of benzene rings is 1. The van der Waals surface area contributed by atoms with Gasteiger partial charge < -0.3 is 5.32 Å². The second-order valence-corrected chi connectivity index (χ2v) is 5.80. The third-order valence-electron chi connectivity index (χ3n) is 2.86. The van der Waals surface area contributed by atoms with Gasteiger partial charge >= 0.3 is 0 Å². The molecule has 1 aromatic heterocycles. The van der Waals surface area contributed by atoms with E-state index in [0.717, 1.165) is 11.3 Å². The number of aromatic nitrogens is 1. The van der Waals surface area contributed by atoms with Crippen molar-refractivity contribution in [2.24, 2.45) is 0 Å². The molecule has 0 unspecified atom stereocenters. The van der Waals surface area contributed by atoms with Crippen LogP contribution in [0.4, 0.5) is 5.69 Å². The highest BCUT2D eigenvalue weighted by Crippen LogP contribution is 2.24. The van der Waals surface area contributed by atoms with E-state index in [-0.39, 0.29) is 11.7 Å². The zero-order valence-corrected chi connectivity index (χ0v) is 12.9.